The standard InChI is InChI=1S/C14H16N4O4/c1-20-10-6-9(7-11(21-2)13(10)22-3)8-16-18-14-15-5-4-12(19)17-14/h4-8H,1-3H3,(H2,15,17,18,19). The van der Waals surface area contributed by atoms with Crippen molar-refractivity contribution in [2.24, 2.45) is 5.10 Å². The molecule has 0 amide bonds. The van der Waals surface area contributed by atoms with E-state index >= 15 is 0 Å². The van der Waals surface area contributed by atoms with E-state index in [1.807, 2.05) is 0 Å². The number of aromatic amines is 1. The van der Waals surface area contributed by atoms with Crippen LogP contribution < -0.4 is 25.2 Å². The molecule has 22 heavy (non-hydrogen) atoms. The topological polar surface area (TPSA) is 97.8 Å². The van der Waals surface area contributed by atoms with E-state index in [9.17, 15) is 4.79 Å². The average molecular weight is 304 g/mol. The number of nitrogens with one attached hydrogen (secondary N) is 2. The van der Waals surface area contributed by atoms with Crippen molar-refractivity contribution < 1.29 is 14.2 Å². The molecule has 0 saturated heterocycles. The van der Waals surface area contributed by atoms with Crippen molar-refractivity contribution in [3.8, 4) is 17.2 Å². The third-order valence-corrected chi connectivity index (χ3v) is 2.74. The smallest absolute Gasteiger partial charge is 0.252 e. The summed E-state index contributed by atoms with van der Waals surface area (Å²) < 4.78 is 15.7. The van der Waals surface area contributed by atoms with Crippen molar-refractivity contribution >= 4 is 12.2 Å². The summed E-state index contributed by atoms with van der Waals surface area (Å²) in [6.45, 7) is 0. The maximum Gasteiger partial charge on any atom is 0.252 e. The van der Waals surface area contributed by atoms with Crippen LogP contribution in [0.3, 0.4) is 0 Å². The predicted molar refractivity (Wildman–Crippen MR) is 82.2 cm³/mol. The normalized spacial score (nSPS) is 10.5. The Morgan fingerprint density at radius 2 is 1.86 bits per heavy atom. The van der Waals surface area contributed by atoms with E-state index in [2.05, 4.69) is 20.5 Å². The van der Waals surface area contributed by atoms with Crippen LogP contribution in [0.2, 0.25) is 0 Å². The van der Waals surface area contributed by atoms with Gasteiger partial charge in [-0.3, -0.25) is 9.78 Å². The second-order valence-corrected chi connectivity index (χ2v) is 4.11. The first-order valence-electron chi connectivity index (χ1n) is 6.32. The number of methoxy groups -OCH3 is 3. The van der Waals surface area contributed by atoms with E-state index in [-0.39, 0.29) is 11.5 Å². The Kier molecular flexibility index (Phi) is 4.97. The lowest BCUT2D eigenvalue weighted by molar-refractivity contribution is 0.324. The average Bonchev–Trinajstić information content (AvgIpc) is 2.53. The van der Waals surface area contributed by atoms with Gasteiger partial charge in [-0.25, -0.2) is 10.4 Å². The number of hydrogen-bond donors (Lipinski definition) is 2. The van der Waals surface area contributed by atoms with Crippen molar-refractivity contribution in [1.82, 2.24) is 9.97 Å². The SMILES string of the molecule is COc1cc(C=NNc2nccc(=O)[nH]2)cc(OC)c1OC. The lowest BCUT2D eigenvalue weighted by Gasteiger charge is -2.12. The van der Waals surface area contributed by atoms with Gasteiger partial charge in [0.2, 0.25) is 11.7 Å². The highest BCUT2D eigenvalue weighted by molar-refractivity contribution is 5.82. The molecule has 0 saturated carbocycles. The Hall–Kier alpha value is -3.03. The molecule has 1 aromatic carbocycles. The second-order valence-electron chi connectivity index (χ2n) is 4.11. The summed E-state index contributed by atoms with van der Waals surface area (Å²) >= 11 is 0. The van der Waals surface area contributed by atoms with Crippen molar-refractivity contribution in [3.63, 3.8) is 0 Å². The molecule has 8 nitrogen and oxygen atoms in total. The molecule has 0 spiro atoms. The summed E-state index contributed by atoms with van der Waals surface area (Å²) in [6, 6.07) is 4.80. The summed E-state index contributed by atoms with van der Waals surface area (Å²) in [5.74, 6) is 1.80. The van der Waals surface area contributed by atoms with Gasteiger partial charge in [-0.2, -0.15) is 5.10 Å². The summed E-state index contributed by atoms with van der Waals surface area (Å²) in [6.07, 6.45) is 2.92. The molecule has 0 radical (unpaired) electrons. The Bertz CT molecular complexity index is 702. The minimum atomic E-state index is -0.263. The molecular formula is C14H16N4O4. The van der Waals surface area contributed by atoms with Crippen molar-refractivity contribution in [1.29, 1.82) is 0 Å². The minimum absolute atomic E-state index is 0.246. The summed E-state index contributed by atoms with van der Waals surface area (Å²) in [7, 11) is 4.61. The molecule has 1 aromatic heterocycles. The quantitative estimate of drug-likeness (QED) is 0.615. The highest BCUT2D eigenvalue weighted by atomic mass is 16.5. The first kappa shape index (κ1) is 15.4. The lowest BCUT2D eigenvalue weighted by Crippen LogP contribution is -2.08. The highest BCUT2D eigenvalue weighted by Gasteiger charge is 2.12. The molecule has 8 heteroatoms. The first-order valence-corrected chi connectivity index (χ1v) is 6.32. The molecule has 0 aliphatic rings. The van der Waals surface area contributed by atoms with Crippen LogP contribution in [0.5, 0.6) is 17.2 Å². The van der Waals surface area contributed by atoms with E-state index in [1.54, 1.807) is 12.1 Å². The van der Waals surface area contributed by atoms with Gasteiger partial charge in [-0.15, -0.1) is 0 Å². The zero-order valence-electron chi connectivity index (χ0n) is 12.4. The third kappa shape index (κ3) is 3.54. The van der Waals surface area contributed by atoms with Gasteiger partial charge in [0.15, 0.2) is 11.5 Å². The lowest BCUT2D eigenvalue weighted by atomic mass is 10.2. The summed E-state index contributed by atoms with van der Waals surface area (Å²) in [4.78, 5) is 17.5. The second kappa shape index (κ2) is 7.11. The number of anilines is 1. The summed E-state index contributed by atoms with van der Waals surface area (Å²) in [5.41, 5.74) is 3.09. The molecule has 2 rings (SSSR count). The number of rotatable bonds is 6. The molecule has 2 N–H and O–H groups in total. The van der Waals surface area contributed by atoms with Gasteiger partial charge in [0.1, 0.15) is 0 Å². The van der Waals surface area contributed by atoms with Gasteiger partial charge >= 0.3 is 0 Å². The molecular weight excluding hydrogens is 288 g/mol. The fraction of sp³-hybridized carbons (Fsp3) is 0.214. The van der Waals surface area contributed by atoms with E-state index in [0.717, 1.165) is 5.56 Å². The van der Waals surface area contributed by atoms with Crippen LogP contribution >= 0.6 is 0 Å². The zero-order chi connectivity index (χ0) is 15.9. The fourth-order valence-corrected chi connectivity index (χ4v) is 1.77. The minimum Gasteiger partial charge on any atom is -0.493 e. The summed E-state index contributed by atoms with van der Waals surface area (Å²) in [5, 5.41) is 4.00. The molecule has 0 bridgehead atoms. The third-order valence-electron chi connectivity index (χ3n) is 2.74. The van der Waals surface area contributed by atoms with Gasteiger partial charge < -0.3 is 14.2 Å². The number of nitrogens with zero attached hydrogens (tertiary/aromatic N) is 2. The van der Waals surface area contributed by atoms with E-state index in [1.165, 1.54) is 39.8 Å². The molecule has 0 unspecified atom stereocenters. The van der Waals surface area contributed by atoms with Crippen LogP contribution in [0.25, 0.3) is 0 Å². The van der Waals surface area contributed by atoms with E-state index in [0.29, 0.717) is 17.2 Å². The van der Waals surface area contributed by atoms with Crippen LogP contribution in [0.1, 0.15) is 5.56 Å². The number of benzene rings is 1. The van der Waals surface area contributed by atoms with E-state index < -0.39 is 0 Å². The van der Waals surface area contributed by atoms with Gasteiger partial charge in [-0.1, -0.05) is 0 Å². The van der Waals surface area contributed by atoms with Gasteiger partial charge in [-0.05, 0) is 12.1 Å². The number of H-pyrrole nitrogens is 1. The Morgan fingerprint density at radius 1 is 1.18 bits per heavy atom. The number of ether oxygens (including phenoxy) is 3. The van der Waals surface area contributed by atoms with Gasteiger partial charge in [0.05, 0.1) is 27.5 Å². The number of hydrogen-bond acceptors (Lipinski definition) is 7. The molecule has 0 fully saturated rings. The zero-order valence-corrected chi connectivity index (χ0v) is 12.4. The molecule has 1 heterocycles. The fourth-order valence-electron chi connectivity index (χ4n) is 1.77. The van der Waals surface area contributed by atoms with Crippen molar-refractivity contribution in [2.45, 2.75) is 0 Å². The molecule has 2 aromatic rings. The highest BCUT2D eigenvalue weighted by Crippen LogP contribution is 2.37. The molecule has 0 aliphatic heterocycles. The van der Waals surface area contributed by atoms with Crippen molar-refractivity contribution in [3.05, 3.63) is 40.3 Å². The van der Waals surface area contributed by atoms with Crippen LogP contribution in [0, 0.1) is 0 Å². The van der Waals surface area contributed by atoms with Crippen LogP contribution in [0.4, 0.5) is 5.95 Å². The van der Waals surface area contributed by atoms with Crippen LogP contribution in [-0.4, -0.2) is 37.5 Å². The first-order chi connectivity index (χ1) is 10.7. The van der Waals surface area contributed by atoms with Crippen LogP contribution in [0.15, 0.2) is 34.3 Å². The Balaban J connectivity index is 2.22. The van der Waals surface area contributed by atoms with Crippen LogP contribution in [-0.2, 0) is 0 Å². The maximum atomic E-state index is 11.1. The van der Waals surface area contributed by atoms with Crippen molar-refractivity contribution in [2.75, 3.05) is 26.8 Å². The molecule has 0 atom stereocenters. The molecule has 0 aliphatic carbocycles. The number of aromatic nitrogens is 2. The predicted octanol–water partition coefficient (Wildman–Crippen LogP) is 1.24. The monoisotopic (exact) mass is 304 g/mol. The van der Waals surface area contributed by atoms with Gasteiger partial charge in [0.25, 0.3) is 5.56 Å². The number of hydrazone groups is 1. The largest absolute Gasteiger partial charge is 0.493 e. The molecule has 116 valence electrons. The Labute approximate surface area is 126 Å². The van der Waals surface area contributed by atoms with Gasteiger partial charge in [0, 0.05) is 17.8 Å². The Morgan fingerprint density at radius 3 is 2.41 bits per heavy atom. The maximum absolute atomic E-state index is 11.1. The van der Waals surface area contributed by atoms with E-state index in [4.69, 9.17) is 14.2 Å².